The van der Waals surface area contributed by atoms with E-state index in [-0.39, 0.29) is 21.7 Å². The molecule has 1 fully saturated rings. The molecule has 0 bridgehead atoms. The Balaban J connectivity index is 1.49. The molecule has 0 radical (unpaired) electrons. The number of sulfone groups is 1. The third-order valence-corrected chi connectivity index (χ3v) is 8.85. The lowest BCUT2D eigenvalue weighted by atomic mass is 9.94. The second kappa shape index (κ2) is 8.88. The number of amides is 1. The van der Waals surface area contributed by atoms with Gasteiger partial charge in [-0.25, -0.2) is 8.42 Å². The van der Waals surface area contributed by atoms with Gasteiger partial charge >= 0.3 is 0 Å². The highest BCUT2D eigenvalue weighted by molar-refractivity contribution is 7.91. The smallest absolute Gasteiger partial charge is 0.268 e. The molecule has 2 N–H and O–H groups in total. The van der Waals surface area contributed by atoms with Gasteiger partial charge in [0.25, 0.3) is 11.5 Å². The summed E-state index contributed by atoms with van der Waals surface area (Å²) in [7, 11) is -3.97. The molecule has 0 saturated heterocycles. The second-order valence-electron chi connectivity index (χ2n) is 9.91. The maximum Gasteiger partial charge on any atom is 0.268 e. The van der Waals surface area contributed by atoms with Gasteiger partial charge in [-0.1, -0.05) is 48.0 Å². The minimum Gasteiger partial charge on any atom is -0.348 e. The van der Waals surface area contributed by atoms with Gasteiger partial charge in [-0.05, 0) is 73.6 Å². The van der Waals surface area contributed by atoms with Crippen LogP contribution in [-0.4, -0.2) is 29.9 Å². The number of aryl methyl sites for hydroxylation is 3. The van der Waals surface area contributed by atoms with Crippen LogP contribution in [0.25, 0.3) is 11.4 Å². The zero-order valence-corrected chi connectivity index (χ0v) is 21.3. The number of nitrogens with one attached hydrogen (secondary N) is 2. The Morgan fingerprint density at radius 2 is 1.76 bits per heavy atom. The third-order valence-electron chi connectivity index (χ3n) is 7.08. The predicted octanol–water partition coefficient (Wildman–Crippen LogP) is 4.02. The van der Waals surface area contributed by atoms with Gasteiger partial charge in [-0.15, -0.1) is 0 Å². The van der Waals surface area contributed by atoms with Gasteiger partial charge in [0, 0.05) is 12.6 Å². The average Bonchev–Trinajstić information content (AvgIpc) is 3.62. The second-order valence-corrected chi connectivity index (χ2v) is 11.8. The van der Waals surface area contributed by atoms with Crippen molar-refractivity contribution in [1.82, 2.24) is 14.9 Å². The van der Waals surface area contributed by atoms with Crippen LogP contribution in [0.5, 0.6) is 0 Å². The highest BCUT2D eigenvalue weighted by Crippen LogP contribution is 2.36. The average molecular weight is 514 g/mol. The number of aromatic nitrogens is 2. The zero-order valence-electron chi connectivity index (χ0n) is 20.5. The molecule has 0 atom stereocenters. The summed E-state index contributed by atoms with van der Waals surface area (Å²) < 4.78 is 28.5. The van der Waals surface area contributed by atoms with Crippen LogP contribution in [0.2, 0.25) is 0 Å². The van der Waals surface area contributed by atoms with Gasteiger partial charge in [0.2, 0.25) is 9.84 Å². The monoisotopic (exact) mass is 513 g/mol. The summed E-state index contributed by atoms with van der Waals surface area (Å²) in [4.78, 5) is 29.1. The lowest BCUT2D eigenvalue weighted by molar-refractivity contribution is 0.0942. The number of hydrogen-bond donors (Lipinski definition) is 2. The number of H-pyrrole nitrogens is 1. The molecule has 0 aliphatic heterocycles. The number of aromatic amines is 1. The molecular weight excluding hydrogens is 486 g/mol. The molecule has 2 heterocycles. The molecule has 2 aromatic heterocycles. The van der Waals surface area contributed by atoms with E-state index in [2.05, 4.69) is 16.4 Å². The summed E-state index contributed by atoms with van der Waals surface area (Å²) in [5.41, 5.74) is 5.11. The molecule has 2 aliphatic rings. The van der Waals surface area contributed by atoms with E-state index in [9.17, 15) is 18.0 Å². The lowest BCUT2D eigenvalue weighted by Crippen LogP contribution is -2.28. The van der Waals surface area contributed by atoms with Gasteiger partial charge in [-0.2, -0.15) is 0 Å². The van der Waals surface area contributed by atoms with Crippen LogP contribution in [0.3, 0.4) is 0 Å². The number of carbonyl (C=O) groups excluding carboxylic acids is 1. The summed E-state index contributed by atoms with van der Waals surface area (Å²) >= 11 is 0. The SMILES string of the molecule is Cc1cccc(Cn2c(C(=O)NC3CC3)cc3c2-c2[nH]c(=O)c(S(=O)(=O)c4ccccc4)cc2CC3)c1. The molecule has 2 aliphatic carbocycles. The molecule has 188 valence electrons. The van der Waals surface area contributed by atoms with Gasteiger partial charge in [0.15, 0.2) is 0 Å². The fraction of sp³-hybridized carbons (Fsp3) is 0.241. The summed E-state index contributed by atoms with van der Waals surface area (Å²) in [5.74, 6) is -0.128. The van der Waals surface area contributed by atoms with Crippen molar-refractivity contribution in [2.45, 2.75) is 55.0 Å². The molecule has 4 aromatic rings. The Hall–Kier alpha value is -3.91. The standard InChI is InChI=1S/C29H27N3O4S/c1-18-6-5-7-19(14-18)17-32-24(28(33)30-22-12-13-22)15-21-11-10-20-16-25(29(34)31-26(20)27(21)32)37(35,36)23-8-3-2-4-9-23/h2-9,14-16,22H,10-13,17H2,1H3,(H,30,33)(H,31,34). The van der Waals surface area contributed by atoms with Crippen LogP contribution in [0, 0.1) is 6.92 Å². The van der Waals surface area contributed by atoms with E-state index in [0.29, 0.717) is 30.8 Å². The highest BCUT2D eigenvalue weighted by Gasteiger charge is 2.31. The molecule has 0 unspecified atom stereocenters. The molecular formula is C29H27N3O4S. The lowest BCUT2D eigenvalue weighted by Gasteiger charge is -2.21. The van der Waals surface area contributed by atoms with Crippen molar-refractivity contribution in [3.8, 4) is 11.4 Å². The van der Waals surface area contributed by atoms with Gasteiger partial charge in [0.05, 0.1) is 16.3 Å². The number of fused-ring (bicyclic) bond motifs is 3. The summed E-state index contributed by atoms with van der Waals surface area (Å²) in [6.45, 7) is 2.48. The Morgan fingerprint density at radius 3 is 2.49 bits per heavy atom. The molecule has 2 aromatic carbocycles. The number of carbonyl (C=O) groups is 1. The first-order valence-electron chi connectivity index (χ1n) is 12.5. The number of pyridine rings is 1. The number of hydrogen-bond acceptors (Lipinski definition) is 4. The summed E-state index contributed by atoms with van der Waals surface area (Å²) in [6, 6.07) is 19.7. The fourth-order valence-corrected chi connectivity index (χ4v) is 6.44. The Kier molecular flexibility index (Phi) is 5.64. The topological polar surface area (TPSA) is 101 Å². The Bertz CT molecular complexity index is 1700. The van der Waals surface area contributed by atoms with E-state index < -0.39 is 15.4 Å². The maximum atomic E-state index is 13.2. The van der Waals surface area contributed by atoms with Crippen molar-refractivity contribution >= 4 is 15.7 Å². The number of rotatable bonds is 6. The first kappa shape index (κ1) is 23.5. The van der Waals surface area contributed by atoms with E-state index in [1.54, 1.807) is 18.2 Å². The molecule has 7 nitrogen and oxygen atoms in total. The zero-order chi connectivity index (χ0) is 25.7. The van der Waals surface area contributed by atoms with Crippen molar-refractivity contribution in [2.75, 3.05) is 0 Å². The van der Waals surface area contributed by atoms with Crippen LogP contribution >= 0.6 is 0 Å². The van der Waals surface area contributed by atoms with Crippen LogP contribution in [-0.2, 0) is 29.2 Å². The molecule has 1 amide bonds. The molecule has 8 heteroatoms. The van der Waals surface area contributed by atoms with E-state index in [1.165, 1.54) is 18.2 Å². The van der Waals surface area contributed by atoms with Crippen LogP contribution < -0.4 is 10.9 Å². The van der Waals surface area contributed by atoms with Crippen LogP contribution in [0.1, 0.15) is 45.6 Å². The van der Waals surface area contributed by atoms with Crippen molar-refractivity contribution in [1.29, 1.82) is 0 Å². The van der Waals surface area contributed by atoms with E-state index in [0.717, 1.165) is 40.8 Å². The van der Waals surface area contributed by atoms with E-state index >= 15 is 0 Å². The minimum absolute atomic E-state index is 0.0822. The molecule has 37 heavy (non-hydrogen) atoms. The van der Waals surface area contributed by atoms with Crippen molar-refractivity contribution in [3.05, 3.63) is 105 Å². The summed E-state index contributed by atoms with van der Waals surface area (Å²) in [6.07, 6.45) is 3.18. The van der Waals surface area contributed by atoms with Crippen LogP contribution in [0.4, 0.5) is 0 Å². The fourth-order valence-electron chi connectivity index (χ4n) is 5.08. The molecule has 1 saturated carbocycles. The Labute approximate surface area is 215 Å². The summed E-state index contributed by atoms with van der Waals surface area (Å²) in [5, 5.41) is 3.09. The first-order valence-corrected chi connectivity index (χ1v) is 13.9. The largest absolute Gasteiger partial charge is 0.348 e. The Morgan fingerprint density at radius 1 is 1.00 bits per heavy atom. The molecule has 6 rings (SSSR count). The normalized spacial score (nSPS) is 14.6. The molecule has 0 spiro atoms. The van der Waals surface area contributed by atoms with Crippen molar-refractivity contribution < 1.29 is 13.2 Å². The van der Waals surface area contributed by atoms with Crippen molar-refractivity contribution in [3.63, 3.8) is 0 Å². The first-order chi connectivity index (χ1) is 17.8. The number of benzene rings is 2. The minimum atomic E-state index is -3.97. The third kappa shape index (κ3) is 4.31. The van der Waals surface area contributed by atoms with Gasteiger partial charge < -0.3 is 14.9 Å². The van der Waals surface area contributed by atoms with Gasteiger partial charge in [0.1, 0.15) is 10.6 Å². The van der Waals surface area contributed by atoms with E-state index in [4.69, 9.17) is 0 Å². The quantitative estimate of drug-likeness (QED) is 0.407. The van der Waals surface area contributed by atoms with Gasteiger partial charge in [-0.3, -0.25) is 9.59 Å². The van der Waals surface area contributed by atoms with Crippen LogP contribution in [0.15, 0.2) is 81.3 Å². The number of nitrogens with zero attached hydrogens (tertiary/aromatic N) is 1. The predicted molar refractivity (Wildman–Crippen MR) is 141 cm³/mol. The maximum absolute atomic E-state index is 13.2. The van der Waals surface area contributed by atoms with Crippen molar-refractivity contribution in [2.24, 2.45) is 0 Å². The highest BCUT2D eigenvalue weighted by atomic mass is 32.2. The van der Waals surface area contributed by atoms with E-state index in [1.807, 2.05) is 35.8 Å².